The molecule has 8 nitrogen and oxygen atoms in total. The second kappa shape index (κ2) is 27.1. The molecular formula is C43H64O8. The Morgan fingerprint density at radius 1 is 0.608 bits per heavy atom. The Hall–Kier alpha value is -3.65. The van der Waals surface area contributed by atoms with Gasteiger partial charge in [-0.1, -0.05) is 129 Å². The van der Waals surface area contributed by atoms with Gasteiger partial charge in [0.25, 0.3) is 0 Å². The largest absolute Gasteiger partial charge is 0.494 e. The van der Waals surface area contributed by atoms with E-state index in [1.54, 1.807) is 42.5 Å². The third kappa shape index (κ3) is 19.5. The van der Waals surface area contributed by atoms with Crippen LogP contribution in [0.15, 0.2) is 42.5 Å². The Morgan fingerprint density at radius 3 is 1.63 bits per heavy atom. The lowest BCUT2D eigenvalue weighted by Gasteiger charge is -2.14. The Labute approximate surface area is 307 Å². The Morgan fingerprint density at radius 2 is 1.10 bits per heavy atom. The molecule has 1 N–H and O–H groups in total. The molecule has 284 valence electrons. The van der Waals surface area contributed by atoms with E-state index in [0.29, 0.717) is 35.7 Å². The molecule has 1 atom stereocenters. The van der Waals surface area contributed by atoms with Crippen molar-refractivity contribution in [2.45, 2.75) is 162 Å². The van der Waals surface area contributed by atoms with Crippen molar-refractivity contribution < 1.29 is 38.4 Å². The first-order valence-corrected chi connectivity index (χ1v) is 19.6. The third-order valence-corrected chi connectivity index (χ3v) is 8.74. The summed E-state index contributed by atoms with van der Waals surface area (Å²) in [4.78, 5) is 37.4. The lowest BCUT2D eigenvalue weighted by molar-refractivity contribution is -0.135. The van der Waals surface area contributed by atoms with Gasteiger partial charge in [-0.3, -0.25) is 14.4 Å². The smallest absolute Gasteiger partial charge is 0.311 e. The summed E-state index contributed by atoms with van der Waals surface area (Å²) in [7, 11) is 0. The summed E-state index contributed by atoms with van der Waals surface area (Å²) in [6.07, 6.45) is 23.4. The molecule has 0 bridgehead atoms. The van der Waals surface area contributed by atoms with Crippen molar-refractivity contribution in [3.05, 3.63) is 53.6 Å². The van der Waals surface area contributed by atoms with Gasteiger partial charge in [0.1, 0.15) is 29.1 Å². The van der Waals surface area contributed by atoms with Gasteiger partial charge in [0, 0.05) is 43.0 Å². The Kier molecular flexibility index (Phi) is 23.1. The van der Waals surface area contributed by atoms with Gasteiger partial charge in [-0.15, -0.1) is 0 Å². The van der Waals surface area contributed by atoms with Crippen molar-refractivity contribution in [1.82, 2.24) is 0 Å². The molecule has 0 aliphatic carbocycles. The zero-order valence-electron chi connectivity index (χ0n) is 31.9. The fourth-order valence-electron chi connectivity index (χ4n) is 5.88. The Bertz CT molecular complexity index is 1320. The molecule has 0 aliphatic heterocycles. The molecule has 0 fully saturated rings. The molecule has 0 amide bonds. The quantitative estimate of drug-likeness (QED) is 0.0528. The van der Waals surface area contributed by atoms with Crippen molar-refractivity contribution in [2.75, 3.05) is 6.61 Å². The summed E-state index contributed by atoms with van der Waals surface area (Å²) in [6, 6.07) is 9.79. The zero-order valence-corrected chi connectivity index (χ0v) is 31.9. The minimum atomic E-state index is -1.14. The third-order valence-electron chi connectivity index (χ3n) is 8.74. The SMILES string of the molecule is CCCCCCCCCCCC(=O)Oc1ccc(C=CC(O)c2ccc(OCC)cc2OC(C)=O)c(OC(=O)CCCCCCCCCCC)c1. The zero-order chi connectivity index (χ0) is 37.1. The summed E-state index contributed by atoms with van der Waals surface area (Å²) in [5.41, 5.74) is 0.893. The van der Waals surface area contributed by atoms with Crippen LogP contribution >= 0.6 is 0 Å². The topological polar surface area (TPSA) is 108 Å². The number of ether oxygens (including phenoxy) is 4. The van der Waals surface area contributed by atoms with Crippen molar-refractivity contribution in [1.29, 1.82) is 0 Å². The van der Waals surface area contributed by atoms with E-state index in [1.807, 2.05) is 6.92 Å². The highest BCUT2D eigenvalue weighted by atomic mass is 16.5. The summed E-state index contributed by atoms with van der Waals surface area (Å²) in [6.45, 7) is 8.02. The highest BCUT2D eigenvalue weighted by molar-refractivity contribution is 5.76. The second-order valence-corrected chi connectivity index (χ2v) is 13.3. The minimum Gasteiger partial charge on any atom is -0.494 e. The summed E-state index contributed by atoms with van der Waals surface area (Å²) in [5.74, 6) is 0.0188. The van der Waals surface area contributed by atoms with Crippen LogP contribution in [-0.4, -0.2) is 29.6 Å². The maximum atomic E-state index is 12.9. The van der Waals surface area contributed by atoms with Gasteiger partial charge in [-0.2, -0.15) is 0 Å². The van der Waals surface area contributed by atoms with Crippen molar-refractivity contribution in [2.24, 2.45) is 0 Å². The van der Waals surface area contributed by atoms with E-state index in [0.717, 1.165) is 38.5 Å². The first-order chi connectivity index (χ1) is 24.8. The van der Waals surface area contributed by atoms with Gasteiger partial charge < -0.3 is 24.1 Å². The monoisotopic (exact) mass is 708 g/mol. The van der Waals surface area contributed by atoms with E-state index in [4.69, 9.17) is 18.9 Å². The lowest BCUT2D eigenvalue weighted by atomic mass is 10.1. The van der Waals surface area contributed by atoms with Crippen LogP contribution in [0.5, 0.6) is 23.0 Å². The molecule has 1 unspecified atom stereocenters. The van der Waals surface area contributed by atoms with Crippen LogP contribution in [0.1, 0.15) is 173 Å². The molecular weight excluding hydrogens is 644 g/mol. The number of benzene rings is 2. The summed E-state index contributed by atoms with van der Waals surface area (Å²) >= 11 is 0. The number of rotatable bonds is 28. The number of carbonyl (C=O) groups excluding carboxylic acids is 3. The van der Waals surface area contributed by atoms with E-state index in [9.17, 15) is 19.5 Å². The van der Waals surface area contributed by atoms with Gasteiger partial charge in [-0.05, 0) is 44.0 Å². The summed E-state index contributed by atoms with van der Waals surface area (Å²) in [5, 5.41) is 11.1. The predicted molar refractivity (Wildman–Crippen MR) is 204 cm³/mol. The van der Waals surface area contributed by atoms with Crippen LogP contribution in [0.2, 0.25) is 0 Å². The number of carbonyl (C=O) groups is 3. The molecule has 2 aromatic rings. The molecule has 51 heavy (non-hydrogen) atoms. The predicted octanol–water partition coefficient (Wildman–Crippen LogP) is 11.4. The molecule has 0 aromatic heterocycles. The Balaban J connectivity index is 2.07. The first-order valence-electron chi connectivity index (χ1n) is 19.6. The van der Waals surface area contributed by atoms with E-state index < -0.39 is 12.1 Å². The normalized spacial score (nSPS) is 11.8. The number of aliphatic hydroxyl groups is 1. The fraction of sp³-hybridized carbons (Fsp3) is 0.605. The molecule has 2 rings (SSSR count). The van der Waals surface area contributed by atoms with E-state index in [2.05, 4.69) is 13.8 Å². The van der Waals surface area contributed by atoms with Gasteiger partial charge in [-0.25, -0.2) is 0 Å². The fourth-order valence-corrected chi connectivity index (χ4v) is 5.88. The van der Waals surface area contributed by atoms with Crippen LogP contribution < -0.4 is 18.9 Å². The van der Waals surface area contributed by atoms with Crippen molar-refractivity contribution >= 4 is 24.0 Å². The maximum absolute atomic E-state index is 12.9. The number of aliphatic hydroxyl groups excluding tert-OH is 1. The molecule has 0 radical (unpaired) electrons. The number of esters is 3. The van der Waals surface area contributed by atoms with E-state index >= 15 is 0 Å². The van der Waals surface area contributed by atoms with E-state index in [1.165, 1.54) is 90.0 Å². The van der Waals surface area contributed by atoms with Gasteiger partial charge in [0.15, 0.2) is 0 Å². The molecule has 2 aromatic carbocycles. The van der Waals surface area contributed by atoms with Crippen molar-refractivity contribution in [3.8, 4) is 23.0 Å². The van der Waals surface area contributed by atoms with Crippen LogP contribution in [-0.2, 0) is 14.4 Å². The van der Waals surface area contributed by atoms with Crippen LogP contribution in [0.25, 0.3) is 6.08 Å². The van der Waals surface area contributed by atoms with Crippen LogP contribution in [0.3, 0.4) is 0 Å². The molecule has 8 heteroatoms. The van der Waals surface area contributed by atoms with Crippen molar-refractivity contribution in [3.63, 3.8) is 0 Å². The van der Waals surface area contributed by atoms with Gasteiger partial charge in [0.05, 0.1) is 6.61 Å². The highest BCUT2D eigenvalue weighted by Crippen LogP contribution is 2.33. The minimum absolute atomic E-state index is 0.187. The van der Waals surface area contributed by atoms with Gasteiger partial charge in [0.2, 0.25) is 0 Å². The average molecular weight is 709 g/mol. The van der Waals surface area contributed by atoms with Crippen LogP contribution in [0.4, 0.5) is 0 Å². The molecule has 0 saturated heterocycles. The van der Waals surface area contributed by atoms with E-state index in [-0.39, 0.29) is 29.9 Å². The summed E-state index contributed by atoms with van der Waals surface area (Å²) < 4.78 is 22.3. The molecule has 0 aliphatic rings. The number of unbranched alkanes of at least 4 members (excludes halogenated alkanes) is 16. The maximum Gasteiger partial charge on any atom is 0.311 e. The highest BCUT2D eigenvalue weighted by Gasteiger charge is 2.16. The molecule has 0 heterocycles. The second-order valence-electron chi connectivity index (χ2n) is 13.3. The standard InChI is InChI=1S/C43H64O8/c1-5-8-10-12-14-16-18-20-22-24-42(46)50-37-28-26-35(40(33-37)51-43(47)25-23-21-19-17-15-13-11-9-6-2)27-31-39(45)38-30-29-36(48-7-3)32-41(38)49-34(4)44/h26-33,39,45H,5-25H2,1-4H3. The molecule has 0 saturated carbocycles. The number of hydrogen-bond donors (Lipinski definition) is 1. The first kappa shape index (κ1) is 43.5. The molecule has 0 spiro atoms. The lowest BCUT2D eigenvalue weighted by Crippen LogP contribution is -2.10. The number of hydrogen-bond acceptors (Lipinski definition) is 8. The average Bonchev–Trinajstić information content (AvgIpc) is 3.09. The van der Waals surface area contributed by atoms with Crippen LogP contribution in [0, 0.1) is 0 Å². The van der Waals surface area contributed by atoms with Gasteiger partial charge >= 0.3 is 17.9 Å².